The number of phenols is 1. The van der Waals surface area contributed by atoms with Crippen LogP contribution in [0.4, 0.5) is 5.69 Å². The molecule has 0 aliphatic carbocycles. The molecule has 5 heteroatoms. The van der Waals surface area contributed by atoms with Crippen molar-refractivity contribution in [3.8, 4) is 5.75 Å². The average molecular weight is 193 g/mol. The fourth-order valence-corrected chi connectivity index (χ4v) is 1.26. The van der Waals surface area contributed by atoms with E-state index in [0.717, 1.165) is 0 Å². The maximum Gasteiger partial charge on any atom is 0.374 e. The van der Waals surface area contributed by atoms with Gasteiger partial charge in [0.05, 0.1) is 5.69 Å². The van der Waals surface area contributed by atoms with Crippen LogP contribution in [0.5, 0.6) is 5.75 Å². The predicted octanol–water partition coefficient (Wildman–Crippen LogP) is 1.42. The normalized spacial score (nSPS) is 10.6. The molecule has 0 spiro atoms. The summed E-state index contributed by atoms with van der Waals surface area (Å²) in [5, 5.41) is 18.3. The molecular weight excluding hydrogens is 186 g/mol. The number of fused-ring (bicyclic) bond motifs is 1. The molecule has 72 valence electrons. The molecule has 1 aromatic carbocycles. The van der Waals surface area contributed by atoms with Crippen LogP contribution in [0, 0.1) is 0 Å². The third kappa shape index (κ3) is 1.06. The minimum absolute atomic E-state index is 0.0157. The van der Waals surface area contributed by atoms with Crippen molar-refractivity contribution in [2.75, 3.05) is 5.73 Å². The Kier molecular flexibility index (Phi) is 1.60. The number of rotatable bonds is 1. The molecule has 0 bridgehead atoms. The third-order valence-corrected chi connectivity index (χ3v) is 1.90. The van der Waals surface area contributed by atoms with Crippen LogP contribution in [0.3, 0.4) is 0 Å². The van der Waals surface area contributed by atoms with E-state index in [9.17, 15) is 4.79 Å². The van der Waals surface area contributed by atoms with Gasteiger partial charge in [0.15, 0.2) is 0 Å². The molecule has 0 unspecified atom stereocenters. The van der Waals surface area contributed by atoms with Gasteiger partial charge in [0.2, 0.25) is 5.76 Å². The Bertz CT molecular complexity index is 515. The lowest BCUT2D eigenvalue weighted by Crippen LogP contribution is -1.98. The van der Waals surface area contributed by atoms with E-state index in [-0.39, 0.29) is 17.2 Å². The van der Waals surface area contributed by atoms with Crippen LogP contribution >= 0.6 is 0 Å². The minimum Gasteiger partial charge on any atom is -0.508 e. The van der Waals surface area contributed by atoms with Crippen LogP contribution in [0.25, 0.3) is 11.0 Å². The highest BCUT2D eigenvalue weighted by Crippen LogP contribution is 2.30. The Labute approximate surface area is 78.4 Å². The summed E-state index contributed by atoms with van der Waals surface area (Å²) in [6.07, 6.45) is 0. The molecule has 0 saturated heterocycles. The molecule has 1 aromatic heterocycles. The molecule has 0 atom stereocenters. The van der Waals surface area contributed by atoms with Gasteiger partial charge in [0.25, 0.3) is 0 Å². The van der Waals surface area contributed by atoms with E-state index >= 15 is 0 Å². The number of carboxylic acids is 1. The standard InChI is InChI=1S/C9H7NO4/c10-7-5-3-4(11)1-2-6(5)14-8(7)9(12)13/h1-3,11H,10H2,(H,12,13). The van der Waals surface area contributed by atoms with Gasteiger partial charge in [0.1, 0.15) is 11.3 Å². The van der Waals surface area contributed by atoms with Crippen LogP contribution < -0.4 is 5.73 Å². The van der Waals surface area contributed by atoms with E-state index in [1.54, 1.807) is 0 Å². The lowest BCUT2D eigenvalue weighted by atomic mass is 10.2. The summed E-state index contributed by atoms with van der Waals surface area (Å²) in [5.41, 5.74) is 5.90. The highest BCUT2D eigenvalue weighted by atomic mass is 16.4. The summed E-state index contributed by atoms with van der Waals surface area (Å²) >= 11 is 0. The van der Waals surface area contributed by atoms with Crippen molar-refractivity contribution in [2.24, 2.45) is 0 Å². The zero-order valence-electron chi connectivity index (χ0n) is 7.02. The average Bonchev–Trinajstić information content (AvgIpc) is 2.44. The Morgan fingerprint density at radius 3 is 2.79 bits per heavy atom. The summed E-state index contributed by atoms with van der Waals surface area (Å²) in [4.78, 5) is 10.6. The van der Waals surface area contributed by atoms with E-state index in [0.29, 0.717) is 11.0 Å². The number of phenolic OH excluding ortho intramolecular Hbond substituents is 1. The van der Waals surface area contributed by atoms with Gasteiger partial charge in [-0.15, -0.1) is 0 Å². The van der Waals surface area contributed by atoms with Gasteiger partial charge in [-0.25, -0.2) is 4.79 Å². The van der Waals surface area contributed by atoms with Crippen LogP contribution in [-0.4, -0.2) is 16.2 Å². The number of anilines is 1. The second kappa shape index (κ2) is 2.66. The van der Waals surface area contributed by atoms with Crippen LogP contribution in [-0.2, 0) is 0 Å². The van der Waals surface area contributed by atoms with Crippen molar-refractivity contribution in [1.82, 2.24) is 0 Å². The largest absolute Gasteiger partial charge is 0.508 e. The Morgan fingerprint density at radius 2 is 2.14 bits per heavy atom. The maximum atomic E-state index is 10.6. The Balaban J connectivity index is 2.80. The van der Waals surface area contributed by atoms with E-state index in [1.165, 1.54) is 18.2 Å². The van der Waals surface area contributed by atoms with E-state index < -0.39 is 5.97 Å². The van der Waals surface area contributed by atoms with Crippen molar-refractivity contribution in [3.05, 3.63) is 24.0 Å². The fourth-order valence-electron chi connectivity index (χ4n) is 1.26. The van der Waals surface area contributed by atoms with Gasteiger partial charge in [-0.2, -0.15) is 0 Å². The molecule has 5 nitrogen and oxygen atoms in total. The highest BCUT2D eigenvalue weighted by Gasteiger charge is 2.17. The van der Waals surface area contributed by atoms with Crippen molar-refractivity contribution in [1.29, 1.82) is 0 Å². The van der Waals surface area contributed by atoms with Crippen molar-refractivity contribution in [2.45, 2.75) is 0 Å². The van der Waals surface area contributed by atoms with Crippen LogP contribution in [0.15, 0.2) is 22.6 Å². The molecule has 0 saturated carbocycles. The molecule has 0 fully saturated rings. The summed E-state index contributed by atoms with van der Waals surface area (Å²) in [5.74, 6) is -1.51. The molecule has 2 rings (SSSR count). The number of nitrogens with two attached hydrogens (primary N) is 1. The van der Waals surface area contributed by atoms with Crippen LogP contribution in [0.1, 0.15) is 10.6 Å². The number of hydrogen-bond acceptors (Lipinski definition) is 4. The lowest BCUT2D eigenvalue weighted by Gasteiger charge is -1.90. The number of carbonyl (C=O) groups is 1. The van der Waals surface area contributed by atoms with E-state index in [2.05, 4.69) is 0 Å². The second-order valence-corrected chi connectivity index (χ2v) is 2.83. The van der Waals surface area contributed by atoms with Crippen molar-refractivity contribution >= 4 is 22.6 Å². The minimum atomic E-state index is -1.22. The SMILES string of the molecule is Nc1c(C(=O)O)oc2ccc(O)cc12. The first-order valence-corrected chi connectivity index (χ1v) is 3.84. The first-order valence-electron chi connectivity index (χ1n) is 3.84. The molecule has 0 amide bonds. The number of furan rings is 1. The van der Waals surface area contributed by atoms with Gasteiger partial charge in [-0.1, -0.05) is 0 Å². The highest BCUT2D eigenvalue weighted by molar-refractivity contribution is 6.02. The molecule has 2 aromatic rings. The fraction of sp³-hybridized carbons (Fsp3) is 0. The van der Waals surface area contributed by atoms with Crippen LogP contribution in [0.2, 0.25) is 0 Å². The number of aromatic carboxylic acids is 1. The lowest BCUT2D eigenvalue weighted by molar-refractivity contribution is 0.0666. The quantitative estimate of drug-likeness (QED) is 0.636. The van der Waals surface area contributed by atoms with Gasteiger partial charge in [0, 0.05) is 5.39 Å². The number of benzene rings is 1. The zero-order chi connectivity index (χ0) is 10.3. The smallest absolute Gasteiger partial charge is 0.374 e. The van der Waals surface area contributed by atoms with Gasteiger partial charge >= 0.3 is 5.97 Å². The van der Waals surface area contributed by atoms with Gasteiger partial charge < -0.3 is 20.4 Å². The first kappa shape index (κ1) is 8.43. The predicted molar refractivity (Wildman–Crippen MR) is 49.3 cm³/mol. The topological polar surface area (TPSA) is 96.7 Å². The summed E-state index contributed by atoms with van der Waals surface area (Å²) in [6.45, 7) is 0. The number of carboxylic acid groups (broad SMARTS) is 1. The Morgan fingerprint density at radius 1 is 1.43 bits per heavy atom. The van der Waals surface area contributed by atoms with E-state index in [4.69, 9.17) is 20.4 Å². The third-order valence-electron chi connectivity index (χ3n) is 1.90. The number of aromatic hydroxyl groups is 1. The summed E-state index contributed by atoms with van der Waals surface area (Å²) < 4.78 is 4.98. The van der Waals surface area contributed by atoms with Gasteiger partial charge in [-0.3, -0.25) is 0 Å². The molecule has 0 aliphatic heterocycles. The monoisotopic (exact) mass is 193 g/mol. The molecule has 1 heterocycles. The van der Waals surface area contributed by atoms with E-state index in [1.807, 2.05) is 0 Å². The van der Waals surface area contributed by atoms with Gasteiger partial charge in [-0.05, 0) is 18.2 Å². The van der Waals surface area contributed by atoms with Crippen molar-refractivity contribution in [3.63, 3.8) is 0 Å². The summed E-state index contributed by atoms with van der Waals surface area (Å²) in [6, 6.07) is 4.23. The molecule has 0 aliphatic rings. The zero-order valence-corrected chi connectivity index (χ0v) is 7.02. The second-order valence-electron chi connectivity index (χ2n) is 2.83. The summed E-state index contributed by atoms with van der Waals surface area (Å²) in [7, 11) is 0. The first-order chi connectivity index (χ1) is 6.59. The molecule has 4 N–H and O–H groups in total. The molecule has 14 heavy (non-hydrogen) atoms. The molecule has 0 radical (unpaired) electrons. The Hall–Kier alpha value is -2.17. The number of hydrogen-bond donors (Lipinski definition) is 3. The maximum absolute atomic E-state index is 10.6. The number of nitrogen functional groups attached to an aromatic ring is 1. The van der Waals surface area contributed by atoms with Crippen molar-refractivity contribution < 1.29 is 19.4 Å². The molecular formula is C9H7NO4.